The Hall–Kier alpha value is -2.63. The molecule has 0 fully saturated rings. The quantitative estimate of drug-likeness (QED) is 0.669. The van der Waals surface area contributed by atoms with E-state index in [0.717, 1.165) is 0 Å². The van der Waals surface area contributed by atoms with Crippen molar-refractivity contribution in [3.63, 3.8) is 0 Å². The van der Waals surface area contributed by atoms with Gasteiger partial charge in [0, 0.05) is 6.04 Å². The van der Waals surface area contributed by atoms with Crippen LogP contribution in [0.1, 0.15) is 18.5 Å². The predicted octanol–water partition coefficient (Wildman–Crippen LogP) is 3.92. The maximum absolute atomic E-state index is 13.2. The minimum Gasteiger partial charge on any atom is -0.490 e. The molecular formula is C15H15FN2O3. The Balaban J connectivity index is 2.33. The fourth-order valence-electron chi connectivity index (χ4n) is 2.08. The number of nitro benzene ring substituents is 1. The minimum absolute atomic E-state index is 0.136. The average Bonchev–Trinajstić information content (AvgIpc) is 2.46. The molecule has 1 atom stereocenters. The van der Waals surface area contributed by atoms with Gasteiger partial charge in [0.05, 0.1) is 12.0 Å². The molecule has 0 saturated carbocycles. The van der Waals surface area contributed by atoms with E-state index in [0.29, 0.717) is 11.3 Å². The van der Waals surface area contributed by atoms with E-state index in [2.05, 4.69) is 5.32 Å². The molecule has 0 aliphatic heterocycles. The van der Waals surface area contributed by atoms with E-state index in [9.17, 15) is 14.5 Å². The van der Waals surface area contributed by atoms with Crippen molar-refractivity contribution in [1.82, 2.24) is 0 Å². The van der Waals surface area contributed by atoms with Crippen LogP contribution in [-0.2, 0) is 0 Å². The van der Waals surface area contributed by atoms with Gasteiger partial charge in [0.25, 0.3) is 0 Å². The SMILES string of the molecule is COc1cccc(NC(C)c2cccc(F)c2)c1[N+](=O)[O-]. The van der Waals surface area contributed by atoms with Crippen LogP contribution in [0, 0.1) is 15.9 Å². The predicted molar refractivity (Wildman–Crippen MR) is 78.1 cm³/mol. The van der Waals surface area contributed by atoms with Gasteiger partial charge in [0.2, 0.25) is 0 Å². The minimum atomic E-state index is -0.501. The molecule has 0 amide bonds. The molecule has 0 spiro atoms. The first-order valence-electron chi connectivity index (χ1n) is 6.36. The van der Waals surface area contributed by atoms with Crippen LogP contribution in [0.3, 0.4) is 0 Å². The summed E-state index contributed by atoms with van der Waals surface area (Å²) in [5.74, 6) is -0.169. The first-order valence-corrected chi connectivity index (χ1v) is 6.36. The first-order chi connectivity index (χ1) is 10.0. The second-order valence-electron chi connectivity index (χ2n) is 4.53. The van der Waals surface area contributed by atoms with Gasteiger partial charge in [0.1, 0.15) is 11.5 Å². The lowest BCUT2D eigenvalue weighted by Crippen LogP contribution is -2.09. The molecule has 2 aromatic rings. The van der Waals surface area contributed by atoms with Crippen LogP contribution in [0.5, 0.6) is 5.75 Å². The van der Waals surface area contributed by atoms with Crippen molar-refractivity contribution in [2.75, 3.05) is 12.4 Å². The van der Waals surface area contributed by atoms with E-state index >= 15 is 0 Å². The summed E-state index contributed by atoms with van der Waals surface area (Å²) >= 11 is 0. The fourth-order valence-corrected chi connectivity index (χ4v) is 2.08. The topological polar surface area (TPSA) is 64.4 Å². The number of hydrogen-bond donors (Lipinski definition) is 1. The molecule has 1 unspecified atom stereocenters. The number of nitrogens with zero attached hydrogens (tertiary/aromatic N) is 1. The molecule has 0 bridgehead atoms. The maximum atomic E-state index is 13.2. The number of hydrogen-bond acceptors (Lipinski definition) is 4. The van der Waals surface area contributed by atoms with E-state index in [4.69, 9.17) is 4.74 Å². The summed E-state index contributed by atoms with van der Waals surface area (Å²) in [5.41, 5.74) is 0.895. The monoisotopic (exact) mass is 290 g/mol. The standard InChI is InChI=1S/C15H15FN2O3/c1-10(11-5-3-6-12(16)9-11)17-13-7-4-8-14(21-2)15(13)18(19)20/h3-10,17H,1-2H3. The maximum Gasteiger partial charge on any atom is 0.333 e. The smallest absolute Gasteiger partial charge is 0.333 e. The average molecular weight is 290 g/mol. The van der Waals surface area contributed by atoms with Crippen LogP contribution < -0.4 is 10.1 Å². The molecule has 110 valence electrons. The molecule has 2 aromatic carbocycles. The first kappa shape index (κ1) is 14.8. The molecule has 21 heavy (non-hydrogen) atoms. The number of anilines is 1. The van der Waals surface area contributed by atoms with Crippen molar-refractivity contribution in [1.29, 1.82) is 0 Å². The second kappa shape index (κ2) is 6.21. The Bertz CT molecular complexity index is 661. The van der Waals surface area contributed by atoms with Crippen molar-refractivity contribution in [2.45, 2.75) is 13.0 Å². The molecule has 0 aliphatic rings. The number of nitro groups is 1. The Morgan fingerprint density at radius 2 is 2.00 bits per heavy atom. The molecule has 0 radical (unpaired) electrons. The Kier molecular flexibility index (Phi) is 4.37. The van der Waals surface area contributed by atoms with Gasteiger partial charge in [-0.1, -0.05) is 18.2 Å². The van der Waals surface area contributed by atoms with Gasteiger partial charge in [-0.3, -0.25) is 10.1 Å². The molecule has 0 heterocycles. The largest absolute Gasteiger partial charge is 0.490 e. The molecule has 0 aromatic heterocycles. The highest BCUT2D eigenvalue weighted by Gasteiger charge is 2.21. The van der Waals surface area contributed by atoms with Gasteiger partial charge in [-0.2, -0.15) is 0 Å². The second-order valence-corrected chi connectivity index (χ2v) is 4.53. The van der Waals surface area contributed by atoms with Gasteiger partial charge in [0.15, 0.2) is 5.75 Å². The summed E-state index contributed by atoms with van der Waals surface area (Å²) in [5, 5.41) is 14.2. The van der Waals surface area contributed by atoms with Crippen LogP contribution in [0.4, 0.5) is 15.8 Å². The number of para-hydroxylation sites is 1. The molecule has 2 rings (SSSR count). The molecule has 5 nitrogen and oxygen atoms in total. The summed E-state index contributed by atoms with van der Waals surface area (Å²) in [6.07, 6.45) is 0. The van der Waals surface area contributed by atoms with Gasteiger partial charge in [-0.05, 0) is 36.8 Å². The lowest BCUT2D eigenvalue weighted by Gasteiger charge is -2.16. The molecule has 0 aliphatic carbocycles. The van der Waals surface area contributed by atoms with Crippen LogP contribution in [-0.4, -0.2) is 12.0 Å². The Morgan fingerprint density at radius 3 is 2.62 bits per heavy atom. The lowest BCUT2D eigenvalue weighted by molar-refractivity contribution is -0.384. The van der Waals surface area contributed by atoms with Crippen molar-refractivity contribution in [2.24, 2.45) is 0 Å². The zero-order valence-electron chi connectivity index (χ0n) is 11.7. The van der Waals surface area contributed by atoms with Crippen molar-refractivity contribution in [3.8, 4) is 5.75 Å². The highest BCUT2D eigenvalue weighted by molar-refractivity contribution is 5.69. The fraction of sp³-hybridized carbons (Fsp3) is 0.200. The van der Waals surface area contributed by atoms with Gasteiger partial charge >= 0.3 is 5.69 Å². The zero-order chi connectivity index (χ0) is 15.4. The zero-order valence-corrected chi connectivity index (χ0v) is 11.7. The van der Waals surface area contributed by atoms with Crippen molar-refractivity contribution >= 4 is 11.4 Å². The molecule has 0 saturated heterocycles. The van der Waals surface area contributed by atoms with Crippen LogP contribution in [0.15, 0.2) is 42.5 Å². The highest BCUT2D eigenvalue weighted by Crippen LogP contribution is 2.36. The van der Waals surface area contributed by atoms with Gasteiger partial charge in [-0.25, -0.2) is 4.39 Å². The number of ether oxygens (including phenoxy) is 1. The van der Waals surface area contributed by atoms with E-state index in [-0.39, 0.29) is 23.3 Å². The number of nitrogens with one attached hydrogen (secondary N) is 1. The third-order valence-electron chi connectivity index (χ3n) is 3.12. The summed E-state index contributed by atoms with van der Waals surface area (Å²) in [7, 11) is 1.38. The van der Waals surface area contributed by atoms with E-state index in [1.54, 1.807) is 31.2 Å². The highest BCUT2D eigenvalue weighted by atomic mass is 19.1. The van der Waals surface area contributed by atoms with Crippen molar-refractivity contribution in [3.05, 3.63) is 64.0 Å². The molecule has 1 N–H and O–H groups in total. The number of halogens is 1. The van der Waals surface area contributed by atoms with Crippen LogP contribution >= 0.6 is 0 Å². The Morgan fingerprint density at radius 1 is 1.29 bits per heavy atom. The van der Waals surface area contributed by atoms with E-state index in [1.165, 1.54) is 25.3 Å². The van der Waals surface area contributed by atoms with Crippen LogP contribution in [0.25, 0.3) is 0 Å². The summed E-state index contributed by atoms with van der Waals surface area (Å²) < 4.78 is 18.2. The number of benzene rings is 2. The summed E-state index contributed by atoms with van der Waals surface area (Å²) in [6.45, 7) is 1.80. The van der Waals surface area contributed by atoms with E-state index in [1.807, 2.05) is 0 Å². The van der Waals surface area contributed by atoms with Gasteiger partial charge < -0.3 is 10.1 Å². The van der Waals surface area contributed by atoms with Crippen LogP contribution in [0.2, 0.25) is 0 Å². The third kappa shape index (κ3) is 3.28. The Labute approximate surface area is 121 Å². The number of rotatable bonds is 5. The van der Waals surface area contributed by atoms with E-state index < -0.39 is 4.92 Å². The third-order valence-corrected chi connectivity index (χ3v) is 3.12. The summed E-state index contributed by atoms with van der Waals surface area (Å²) in [4.78, 5) is 10.7. The lowest BCUT2D eigenvalue weighted by atomic mass is 10.1. The number of methoxy groups -OCH3 is 1. The molecular weight excluding hydrogens is 275 g/mol. The summed E-state index contributed by atoms with van der Waals surface area (Å²) in [6, 6.07) is 10.6. The van der Waals surface area contributed by atoms with Gasteiger partial charge in [-0.15, -0.1) is 0 Å². The van der Waals surface area contributed by atoms with Crippen molar-refractivity contribution < 1.29 is 14.1 Å². The normalized spacial score (nSPS) is 11.8. The molecule has 6 heteroatoms.